The van der Waals surface area contributed by atoms with E-state index in [2.05, 4.69) is 0 Å². The van der Waals surface area contributed by atoms with E-state index in [1.165, 1.54) is 6.07 Å². The number of aromatic nitrogens is 1. The molecule has 0 bridgehead atoms. The number of hydrogen-bond acceptors (Lipinski definition) is 5. The summed E-state index contributed by atoms with van der Waals surface area (Å²) in [5.41, 5.74) is 6.92. The van der Waals surface area contributed by atoms with E-state index in [0.29, 0.717) is 23.3 Å². The molecule has 27 heavy (non-hydrogen) atoms. The van der Waals surface area contributed by atoms with E-state index < -0.39 is 29.5 Å². The van der Waals surface area contributed by atoms with Crippen molar-refractivity contribution in [2.24, 2.45) is 5.73 Å². The topological polar surface area (TPSA) is 108 Å². The van der Waals surface area contributed by atoms with E-state index in [1.807, 2.05) is 0 Å². The summed E-state index contributed by atoms with van der Waals surface area (Å²) in [6, 6.07) is 0.959. The molecular weight excluding hydrogens is 377 g/mol. The van der Waals surface area contributed by atoms with Gasteiger partial charge in [0.25, 0.3) is 5.56 Å². The van der Waals surface area contributed by atoms with Crippen molar-refractivity contribution >= 4 is 29.6 Å². The number of aromatic carboxylic acids is 1. The first-order chi connectivity index (χ1) is 12.3. The molecule has 1 saturated heterocycles. The first kappa shape index (κ1) is 19.6. The molecule has 2 fully saturated rings. The highest BCUT2D eigenvalue weighted by molar-refractivity contribution is 5.89. The number of pyridine rings is 2. The fourth-order valence-corrected chi connectivity index (χ4v) is 3.88. The summed E-state index contributed by atoms with van der Waals surface area (Å²) in [7, 11) is 0. The second-order valence-corrected chi connectivity index (χ2v) is 7.20. The van der Waals surface area contributed by atoms with E-state index in [1.54, 1.807) is 11.8 Å². The van der Waals surface area contributed by atoms with Gasteiger partial charge in [-0.2, -0.15) is 0 Å². The highest BCUT2D eigenvalue weighted by Gasteiger charge is 2.34. The van der Waals surface area contributed by atoms with Crippen LogP contribution in [0.4, 0.5) is 10.1 Å². The van der Waals surface area contributed by atoms with Gasteiger partial charge in [-0.25, -0.2) is 9.18 Å². The molecule has 4 rings (SSSR count). The number of carboxylic acids is 1. The van der Waals surface area contributed by atoms with Gasteiger partial charge in [0.2, 0.25) is 0 Å². The average Bonchev–Trinajstić information content (AvgIpc) is 3.35. The Labute approximate surface area is 160 Å². The van der Waals surface area contributed by atoms with Gasteiger partial charge in [0.1, 0.15) is 5.56 Å². The summed E-state index contributed by atoms with van der Waals surface area (Å²) in [5.74, 6) is -1.78. The van der Waals surface area contributed by atoms with Crippen molar-refractivity contribution in [3.63, 3.8) is 0 Å². The Morgan fingerprint density at radius 2 is 2.00 bits per heavy atom. The Kier molecular flexibility index (Phi) is 4.92. The molecular formula is C18H21ClFN3O4. The van der Waals surface area contributed by atoms with Crippen molar-refractivity contribution < 1.29 is 19.4 Å². The molecule has 0 spiro atoms. The van der Waals surface area contributed by atoms with Crippen LogP contribution in [0.15, 0.2) is 17.1 Å². The maximum Gasteiger partial charge on any atom is 0.341 e. The minimum absolute atomic E-state index is 0. The Morgan fingerprint density at radius 3 is 2.52 bits per heavy atom. The standard InChI is InChI=1S/C18H20FN3O4.ClH/c1-8-15-10(9-2-3-9)4-11(18(25)26)17(24)22(15)5-12(19)16(8)21-6-13(20)14(23)7-21;/h4-5,9,13-14,23H,2-3,6-7,20H2,1H3,(H,25,26);1H. The second kappa shape index (κ2) is 6.78. The first-order valence-electron chi connectivity index (χ1n) is 8.59. The molecule has 0 amide bonds. The lowest BCUT2D eigenvalue weighted by atomic mass is 10.0. The number of nitrogens with zero attached hydrogens (tertiary/aromatic N) is 2. The molecule has 1 aliphatic carbocycles. The maximum absolute atomic E-state index is 14.9. The fraction of sp³-hybridized carbons (Fsp3) is 0.444. The number of β-amino-alcohol motifs (C(OH)–C–C–N with tert-alkyl or cyclic N) is 1. The molecule has 2 aliphatic rings. The van der Waals surface area contributed by atoms with Crippen LogP contribution < -0.4 is 16.2 Å². The van der Waals surface area contributed by atoms with Gasteiger partial charge in [0.15, 0.2) is 5.82 Å². The van der Waals surface area contributed by atoms with E-state index in [-0.39, 0.29) is 30.4 Å². The molecule has 0 aromatic carbocycles. The molecule has 0 radical (unpaired) electrons. The molecule has 2 aromatic heterocycles. The predicted octanol–water partition coefficient (Wildman–Crippen LogP) is 1.25. The Morgan fingerprint density at radius 1 is 1.33 bits per heavy atom. The van der Waals surface area contributed by atoms with Crippen LogP contribution in [0.5, 0.6) is 0 Å². The number of rotatable bonds is 3. The van der Waals surface area contributed by atoms with Gasteiger partial charge in [-0.1, -0.05) is 0 Å². The van der Waals surface area contributed by atoms with E-state index in [9.17, 15) is 24.2 Å². The van der Waals surface area contributed by atoms with E-state index in [4.69, 9.17) is 5.73 Å². The van der Waals surface area contributed by atoms with Crippen LogP contribution in [0, 0.1) is 12.7 Å². The van der Waals surface area contributed by atoms with Gasteiger partial charge in [0.05, 0.1) is 23.5 Å². The summed E-state index contributed by atoms with van der Waals surface area (Å²) in [5, 5.41) is 19.2. The third-order valence-electron chi connectivity index (χ3n) is 5.34. The fourth-order valence-electron chi connectivity index (χ4n) is 3.88. The maximum atomic E-state index is 14.9. The van der Waals surface area contributed by atoms with Gasteiger partial charge < -0.3 is 20.8 Å². The number of aliphatic hydroxyl groups excluding tert-OH is 1. The minimum Gasteiger partial charge on any atom is -0.477 e. The number of nitrogens with two attached hydrogens (primary N) is 1. The largest absolute Gasteiger partial charge is 0.477 e. The lowest BCUT2D eigenvalue weighted by Gasteiger charge is -2.23. The zero-order valence-electron chi connectivity index (χ0n) is 14.7. The molecule has 9 heteroatoms. The number of carboxylic acid groups (broad SMARTS) is 1. The zero-order valence-corrected chi connectivity index (χ0v) is 15.5. The number of anilines is 1. The van der Waals surface area contributed by atoms with Gasteiger partial charge in [-0.05, 0) is 42.9 Å². The average molecular weight is 398 g/mol. The SMILES string of the molecule is Cc1c(N2CC(N)C(O)C2)c(F)cn2c(=O)c(C(=O)O)cc(C3CC3)c12.Cl. The monoisotopic (exact) mass is 397 g/mol. The normalized spacial score (nSPS) is 22.1. The predicted molar refractivity (Wildman–Crippen MR) is 101 cm³/mol. The van der Waals surface area contributed by atoms with Crippen LogP contribution >= 0.6 is 12.4 Å². The summed E-state index contributed by atoms with van der Waals surface area (Å²) in [4.78, 5) is 25.7. The number of hydrogen-bond donors (Lipinski definition) is 3. The third kappa shape index (κ3) is 3.07. The highest BCUT2D eigenvalue weighted by Crippen LogP contribution is 2.44. The molecule has 146 valence electrons. The number of aryl methyl sites for hydroxylation is 1. The van der Waals surface area contributed by atoms with Crippen molar-refractivity contribution in [3.05, 3.63) is 45.1 Å². The zero-order chi connectivity index (χ0) is 18.7. The van der Waals surface area contributed by atoms with Crippen LogP contribution in [0.25, 0.3) is 5.52 Å². The molecule has 4 N–H and O–H groups in total. The van der Waals surface area contributed by atoms with Crippen molar-refractivity contribution in [2.75, 3.05) is 18.0 Å². The molecule has 2 atom stereocenters. The van der Waals surface area contributed by atoms with Crippen molar-refractivity contribution in [1.29, 1.82) is 0 Å². The number of carbonyl (C=O) groups is 1. The van der Waals surface area contributed by atoms with Gasteiger partial charge in [-0.3, -0.25) is 9.20 Å². The lowest BCUT2D eigenvalue weighted by molar-refractivity contribution is 0.0694. The third-order valence-corrected chi connectivity index (χ3v) is 5.34. The van der Waals surface area contributed by atoms with E-state index >= 15 is 0 Å². The van der Waals surface area contributed by atoms with Gasteiger partial charge >= 0.3 is 5.97 Å². The smallest absolute Gasteiger partial charge is 0.341 e. The molecule has 2 unspecified atom stereocenters. The van der Waals surface area contributed by atoms with Gasteiger partial charge in [-0.15, -0.1) is 12.4 Å². The quantitative estimate of drug-likeness (QED) is 0.719. The highest BCUT2D eigenvalue weighted by atomic mass is 35.5. The number of fused-ring (bicyclic) bond motifs is 1. The Hall–Kier alpha value is -2.16. The molecule has 2 aromatic rings. The van der Waals surface area contributed by atoms with Crippen LogP contribution in [0.3, 0.4) is 0 Å². The van der Waals surface area contributed by atoms with Gasteiger partial charge in [0, 0.05) is 19.1 Å². The molecule has 1 aliphatic heterocycles. The first-order valence-corrected chi connectivity index (χ1v) is 8.59. The molecule has 1 saturated carbocycles. The van der Waals surface area contributed by atoms with Crippen molar-refractivity contribution in [2.45, 2.75) is 37.8 Å². The Bertz CT molecular complexity index is 979. The summed E-state index contributed by atoms with van der Waals surface area (Å²) in [6.45, 7) is 2.24. The number of halogens is 2. The summed E-state index contributed by atoms with van der Waals surface area (Å²) in [6.07, 6.45) is 2.12. The molecule has 7 nitrogen and oxygen atoms in total. The molecule has 3 heterocycles. The van der Waals surface area contributed by atoms with E-state index in [0.717, 1.165) is 29.0 Å². The van der Waals surface area contributed by atoms with Crippen LogP contribution in [-0.2, 0) is 0 Å². The minimum atomic E-state index is -1.32. The Balaban J connectivity index is 0.00000210. The summed E-state index contributed by atoms with van der Waals surface area (Å²) >= 11 is 0. The van der Waals surface area contributed by atoms with Crippen LogP contribution in [0.2, 0.25) is 0 Å². The van der Waals surface area contributed by atoms with Crippen LogP contribution in [0.1, 0.15) is 40.2 Å². The van der Waals surface area contributed by atoms with Crippen molar-refractivity contribution in [3.8, 4) is 0 Å². The summed E-state index contributed by atoms with van der Waals surface area (Å²) < 4.78 is 16.0. The van der Waals surface area contributed by atoms with Crippen LogP contribution in [-0.4, -0.2) is 45.8 Å². The second-order valence-electron chi connectivity index (χ2n) is 7.20. The number of aliphatic hydroxyl groups is 1. The lowest BCUT2D eigenvalue weighted by Crippen LogP contribution is -2.32. The van der Waals surface area contributed by atoms with Crippen molar-refractivity contribution in [1.82, 2.24) is 4.40 Å².